The van der Waals surface area contributed by atoms with Gasteiger partial charge in [0, 0.05) is 43.3 Å². The number of hydrogen-bond acceptors (Lipinski definition) is 3. The van der Waals surface area contributed by atoms with Gasteiger partial charge in [0.1, 0.15) is 5.82 Å². The molecule has 2 fully saturated rings. The molecular weight excluding hydrogens is 274 g/mol. The van der Waals surface area contributed by atoms with Crippen molar-refractivity contribution in [3.8, 4) is 0 Å². The third-order valence-electron chi connectivity index (χ3n) is 6.24. The van der Waals surface area contributed by atoms with Crippen molar-refractivity contribution in [2.45, 2.75) is 83.5 Å². The lowest BCUT2D eigenvalue weighted by atomic mass is 9.60. The zero-order valence-electron chi connectivity index (χ0n) is 14.0. The van der Waals surface area contributed by atoms with Crippen molar-refractivity contribution < 1.29 is 4.74 Å². The maximum Gasteiger partial charge on any atom is 0.109 e. The van der Waals surface area contributed by atoms with E-state index in [1.165, 1.54) is 44.3 Å². The second-order valence-corrected chi connectivity index (χ2v) is 7.53. The molecule has 1 aliphatic heterocycles. The maximum absolute atomic E-state index is 6.04. The molecule has 2 heterocycles. The summed E-state index contributed by atoms with van der Waals surface area (Å²) in [5.74, 6) is 1.27. The van der Waals surface area contributed by atoms with Crippen molar-refractivity contribution in [3.63, 3.8) is 0 Å². The number of rotatable bonds is 4. The van der Waals surface area contributed by atoms with Crippen LogP contribution in [0.5, 0.6) is 0 Å². The smallest absolute Gasteiger partial charge is 0.109 e. The number of aromatic nitrogens is 2. The van der Waals surface area contributed by atoms with Crippen molar-refractivity contribution in [1.29, 1.82) is 0 Å². The summed E-state index contributed by atoms with van der Waals surface area (Å²) in [4.78, 5) is 4.62. The number of nitrogens with one attached hydrogen (secondary N) is 1. The fourth-order valence-corrected chi connectivity index (χ4v) is 5.13. The molecule has 1 aromatic heterocycles. The Morgan fingerprint density at radius 3 is 3.00 bits per heavy atom. The van der Waals surface area contributed by atoms with E-state index in [1.54, 1.807) is 0 Å². The van der Waals surface area contributed by atoms with Gasteiger partial charge in [0.05, 0.1) is 11.8 Å². The first-order valence-electron chi connectivity index (χ1n) is 9.11. The van der Waals surface area contributed by atoms with Crippen molar-refractivity contribution in [1.82, 2.24) is 14.9 Å². The molecule has 0 saturated heterocycles. The van der Waals surface area contributed by atoms with Crippen LogP contribution in [0.1, 0.15) is 57.0 Å². The molecule has 4 heteroatoms. The summed E-state index contributed by atoms with van der Waals surface area (Å²) >= 11 is 0. The first-order chi connectivity index (χ1) is 10.7. The number of aryl methyl sites for hydroxylation is 2. The van der Waals surface area contributed by atoms with E-state index >= 15 is 0 Å². The van der Waals surface area contributed by atoms with Crippen molar-refractivity contribution >= 4 is 0 Å². The van der Waals surface area contributed by atoms with E-state index in [4.69, 9.17) is 4.74 Å². The minimum Gasteiger partial charge on any atom is -0.378 e. The van der Waals surface area contributed by atoms with E-state index in [9.17, 15) is 0 Å². The third-order valence-corrected chi connectivity index (χ3v) is 6.24. The predicted octanol–water partition coefficient (Wildman–Crippen LogP) is 2.83. The summed E-state index contributed by atoms with van der Waals surface area (Å²) in [6.45, 7) is 6.18. The van der Waals surface area contributed by atoms with Gasteiger partial charge in [-0.3, -0.25) is 0 Å². The molecule has 122 valence electrons. The van der Waals surface area contributed by atoms with Gasteiger partial charge in [0.25, 0.3) is 0 Å². The van der Waals surface area contributed by atoms with Crippen LogP contribution in [-0.4, -0.2) is 34.3 Å². The average molecular weight is 303 g/mol. The highest BCUT2D eigenvalue weighted by Crippen LogP contribution is 2.55. The molecule has 1 spiro atoms. The topological polar surface area (TPSA) is 39.1 Å². The number of ether oxygens (including phenoxy) is 1. The van der Waals surface area contributed by atoms with Gasteiger partial charge in [-0.1, -0.05) is 12.8 Å². The van der Waals surface area contributed by atoms with Crippen molar-refractivity contribution in [2.75, 3.05) is 6.61 Å². The van der Waals surface area contributed by atoms with Gasteiger partial charge >= 0.3 is 0 Å². The summed E-state index contributed by atoms with van der Waals surface area (Å²) < 4.78 is 8.40. The third kappa shape index (κ3) is 2.31. The second-order valence-electron chi connectivity index (χ2n) is 7.53. The van der Waals surface area contributed by atoms with Gasteiger partial charge in [-0.25, -0.2) is 4.98 Å². The van der Waals surface area contributed by atoms with Crippen LogP contribution >= 0.6 is 0 Å². The number of fused-ring (bicyclic) bond motifs is 1. The predicted molar refractivity (Wildman–Crippen MR) is 86.9 cm³/mol. The van der Waals surface area contributed by atoms with Crippen LogP contribution in [0.2, 0.25) is 0 Å². The van der Waals surface area contributed by atoms with Crippen LogP contribution in [-0.2, 0) is 17.7 Å². The summed E-state index contributed by atoms with van der Waals surface area (Å²) in [6.07, 6.45) is 11.7. The van der Waals surface area contributed by atoms with E-state index < -0.39 is 0 Å². The quantitative estimate of drug-likeness (QED) is 0.929. The first kappa shape index (κ1) is 14.7. The van der Waals surface area contributed by atoms with Crippen LogP contribution < -0.4 is 5.32 Å². The molecule has 1 aromatic rings. The molecule has 1 N–H and O–H groups in total. The van der Waals surface area contributed by atoms with Crippen LogP contribution in [0.25, 0.3) is 0 Å². The second kappa shape index (κ2) is 5.64. The standard InChI is InChI=1S/C18H29N3O/c1-3-22-16-10-15(18(16)8-4-5-9-18)20-14-6-7-17-19-13(2)11-21(17)12-14/h11,14-16,20H,3-10,12H2,1-2H3/t14-,15-,16+/m0/s1. The number of nitrogens with zero attached hydrogens (tertiary/aromatic N) is 2. The van der Waals surface area contributed by atoms with E-state index in [2.05, 4.69) is 34.9 Å². The lowest BCUT2D eigenvalue weighted by Gasteiger charge is -2.55. The van der Waals surface area contributed by atoms with Gasteiger partial charge in [0.2, 0.25) is 0 Å². The lowest BCUT2D eigenvalue weighted by molar-refractivity contribution is -0.133. The Balaban J connectivity index is 1.42. The normalized spacial score (nSPS) is 32.9. The molecule has 0 unspecified atom stereocenters. The highest BCUT2D eigenvalue weighted by molar-refractivity contribution is 5.12. The highest BCUT2D eigenvalue weighted by atomic mass is 16.5. The summed E-state index contributed by atoms with van der Waals surface area (Å²) in [5.41, 5.74) is 1.60. The largest absolute Gasteiger partial charge is 0.378 e. The van der Waals surface area contributed by atoms with Crippen LogP contribution in [0.15, 0.2) is 6.20 Å². The Morgan fingerprint density at radius 2 is 2.23 bits per heavy atom. The monoisotopic (exact) mass is 303 g/mol. The Kier molecular flexibility index (Phi) is 3.77. The SMILES string of the molecule is CCO[C@@H]1C[C@H](N[C@H]2CCc3nc(C)cn3C2)C12CCCC2. The van der Waals surface area contributed by atoms with E-state index in [1.807, 2.05) is 0 Å². The number of hydrogen-bond donors (Lipinski definition) is 1. The Bertz CT molecular complexity index is 532. The molecular formula is C18H29N3O. The minimum atomic E-state index is 0.446. The van der Waals surface area contributed by atoms with Crippen LogP contribution in [0, 0.1) is 12.3 Å². The van der Waals surface area contributed by atoms with Crippen molar-refractivity contribution in [2.24, 2.45) is 5.41 Å². The molecule has 0 aromatic carbocycles. The summed E-state index contributed by atoms with van der Waals surface area (Å²) in [7, 11) is 0. The van der Waals surface area contributed by atoms with E-state index in [-0.39, 0.29) is 0 Å². The Labute approximate surface area is 133 Å². The van der Waals surface area contributed by atoms with Gasteiger partial charge < -0.3 is 14.6 Å². The first-order valence-corrected chi connectivity index (χ1v) is 9.11. The molecule has 2 aliphatic carbocycles. The van der Waals surface area contributed by atoms with Crippen molar-refractivity contribution in [3.05, 3.63) is 17.7 Å². The van der Waals surface area contributed by atoms with Gasteiger partial charge in [0.15, 0.2) is 0 Å². The Morgan fingerprint density at radius 1 is 1.41 bits per heavy atom. The molecule has 4 nitrogen and oxygen atoms in total. The van der Waals surface area contributed by atoms with E-state index in [0.29, 0.717) is 23.6 Å². The number of imidazole rings is 1. The lowest BCUT2D eigenvalue weighted by Crippen LogP contribution is -2.65. The van der Waals surface area contributed by atoms with E-state index in [0.717, 1.165) is 25.3 Å². The van der Waals surface area contributed by atoms with Crippen LogP contribution in [0.3, 0.4) is 0 Å². The molecule has 0 amide bonds. The molecule has 3 aliphatic rings. The molecule has 22 heavy (non-hydrogen) atoms. The summed E-state index contributed by atoms with van der Waals surface area (Å²) in [6, 6.07) is 1.27. The minimum absolute atomic E-state index is 0.446. The molecule has 3 atom stereocenters. The zero-order valence-corrected chi connectivity index (χ0v) is 14.0. The highest BCUT2D eigenvalue weighted by Gasteiger charge is 2.56. The van der Waals surface area contributed by atoms with Crippen LogP contribution in [0.4, 0.5) is 0 Å². The van der Waals surface area contributed by atoms with Gasteiger partial charge in [-0.15, -0.1) is 0 Å². The molecule has 0 bridgehead atoms. The Hall–Kier alpha value is -0.870. The molecule has 2 saturated carbocycles. The zero-order chi connectivity index (χ0) is 15.2. The fraction of sp³-hybridized carbons (Fsp3) is 0.833. The summed E-state index contributed by atoms with van der Waals surface area (Å²) in [5, 5.41) is 4.00. The maximum atomic E-state index is 6.04. The molecule has 4 rings (SSSR count). The fourth-order valence-electron chi connectivity index (χ4n) is 5.13. The average Bonchev–Trinajstić information content (AvgIpc) is 3.12. The molecule has 0 radical (unpaired) electrons. The van der Waals surface area contributed by atoms with Gasteiger partial charge in [-0.2, -0.15) is 0 Å². The van der Waals surface area contributed by atoms with Gasteiger partial charge in [-0.05, 0) is 39.5 Å².